The van der Waals surface area contributed by atoms with Crippen LogP contribution in [0.4, 0.5) is 4.39 Å². The first-order valence-electron chi connectivity index (χ1n) is 6.31. The summed E-state index contributed by atoms with van der Waals surface area (Å²) in [6.45, 7) is 6.08. The molecule has 0 saturated heterocycles. The summed E-state index contributed by atoms with van der Waals surface area (Å²) < 4.78 is 13.6. The lowest BCUT2D eigenvalue weighted by molar-refractivity contribution is -0.0442. The third kappa shape index (κ3) is 2.52. The predicted octanol–water partition coefficient (Wildman–Crippen LogP) is 3.92. The van der Waals surface area contributed by atoms with Gasteiger partial charge in [0.25, 0.3) is 0 Å². The molecule has 17 heavy (non-hydrogen) atoms. The first-order valence-corrected chi connectivity index (χ1v) is 6.31. The summed E-state index contributed by atoms with van der Waals surface area (Å²) in [5, 5.41) is 10.7. The van der Waals surface area contributed by atoms with Crippen molar-refractivity contribution < 1.29 is 9.50 Å². The summed E-state index contributed by atoms with van der Waals surface area (Å²) in [4.78, 5) is 0. The summed E-state index contributed by atoms with van der Waals surface area (Å²) in [6, 6.07) is 5.11. The van der Waals surface area contributed by atoms with E-state index in [1.807, 2.05) is 6.07 Å². The van der Waals surface area contributed by atoms with Gasteiger partial charge in [0, 0.05) is 0 Å². The van der Waals surface area contributed by atoms with Gasteiger partial charge in [0.2, 0.25) is 0 Å². The van der Waals surface area contributed by atoms with Crippen LogP contribution in [-0.2, 0) is 5.60 Å². The molecule has 1 unspecified atom stereocenters. The fraction of sp³-hybridized carbons (Fsp3) is 0.600. The molecular weight excluding hydrogens is 215 g/mol. The van der Waals surface area contributed by atoms with Gasteiger partial charge in [-0.15, -0.1) is 0 Å². The van der Waals surface area contributed by atoms with Crippen molar-refractivity contribution in [2.75, 3.05) is 0 Å². The van der Waals surface area contributed by atoms with Gasteiger partial charge in [-0.25, -0.2) is 4.39 Å². The Morgan fingerprint density at radius 1 is 1.24 bits per heavy atom. The van der Waals surface area contributed by atoms with Gasteiger partial charge < -0.3 is 5.11 Å². The SMILES string of the molecule is Cc1ccc(C2(O)CCCC(C)(C)C2)cc1F. The third-order valence-corrected chi connectivity index (χ3v) is 3.92. The fourth-order valence-corrected chi connectivity index (χ4v) is 2.96. The molecular formula is C15H21FO. The predicted molar refractivity (Wildman–Crippen MR) is 67.3 cm³/mol. The van der Waals surface area contributed by atoms with Gasteiger partial charge in [-0.05, 0) is 55.2 Å². The second-order valence-corrected chi connectivity index (χ2v) is 6.19. The highest BCUT2D eigenvalue weighted by Crippen LogP contribution is 2.46. The van der Waals surface area contributed by atoms with Crippen LogP contribution in [0.25, 0.3) is 0 Å². The van der Waals surface area contributed by atoms with Gasteiger partial charge >= 0.3 is 0 Å². The molecule has 0 spiro atoms. The number of hydrogen-bond donors (Lipinski definition) is 1. The zero-order valence-electron chi connectivity index (χ0n) is 10.9. The van der Waals surface area contributed by atoms with Crippen molar-refractivity contribution in [1.82, 2.24) is 0 Å². The normalized spacial score (nSPS) is 28.1. The van der Waals surface area contributed by atoms with Crippen LogP contribution in [0.5, 0.6) is 0 Å². The Morgan fingerprint density at radius 2 is 1.94 bits per heavy atom. The van der Waals surface area contributed by atoms with Crippen LogP contribution >= 0.6 is 0 Å². The molecule has 0 aliphatic heterocycles. The van der Waals surface area contributed by atoms with Crippen LogP contribution in [0.3, 0.4) is 0 Å². The Morgan fingerprint density at radius 3 is 2.53 bits per heavy atom. The van der Waals surface area contributed by atoms with Crippen molar-refractivity contribution in [2.24, 2.45) is 5.41 Å². The molecule has 0 aromatic heterocycles. The Bertz CT molecular complexity index is 425. The van der Waals surface area contributed by atoms with E-state index in [9.17, 15) is 9.50 Å². The van der Waals surface area contributed by atoms with E-state index in [4.69, 9.17) is 0 Å². The molecule has 1 atom stereocenters. The second-order valence-electron chi connectivity index (χ2n) is 6.19. The molecule has 2 rings (SSSR count). The molecule has 1 aromatic carbocycles. The minimum absolute atomic E-state index is 0.133. The summed E-state index contributed by atoms with van der Waals surface area (Å²) >= 11 is 0. The van der Waals surface area contributed by atoms with E-state index in [1.165, 1.54) is 6.07 Å². The minimum atomic E-state index is -0.851. The highest BCUT2D eigenvalue weighted by molar-refractivity contribution is 5.28. The number of hydrogen-bond acceptors (Lipinski definition) is 1. The lowest BCUT2D eigenvalue weighted by atomic mass is 9.67. The van der Waals surface area contributed by atoms with Gasteiger partial charge in [-0.3, -0.25) is 0 Å². The van der Waals surface area contributed by atoms with Gasteiger partial charge in [-0.2, -0.15) is 0 Å². The first-order chi connectivity index (χ1) is 7.82. The Balaban J connectivity index is 2.34. The van der Waals surface area contributed by atoms with Crippen LogP contribution in [-0.4, -0.2) is 5.11 Å². The van der Waals surface area contributed by atoms with Crippen LogP contribution in [0.15, 0.2) is 18.2 Å². The zero-order chi connectivity index (χ0) is 12.7. The van der Waals surface area contributed by atoms with E-state index in [0.717, 1.165) is 24.8 Å². The molecule has 0 radical (unpaired) electrons. The fourth-order valence-electron chi connectivity index (χ4n) is 2.96. The molecule has 94 valence electrons. The average Bonchev–Trinajstić information content (AvgIpc) is 2.20. The Kier molecular flexibility index (Phi) is 3.03. The molecule has 0 amide bonds. The summed E-state index contributed by atoms with van der Waals surface area (Å²) in [6.07, 6.45) is 3.57. The maximum Gasteiger partial charge on any atom is 0.126 e. The largest absolute Gasteiger partial charge is 0.385 e. The van der Waals surface area contributed by atoms with E-state index in [-0.39, 0.29) is 11.2 Å². The van der Waals surface area contributed by atoms with Gasteiger partial charge in [-0.1, -0.05) is 26.0 Å². The van der Waals surface area contributed by atoms with Crippen molar-refractivity contribution in [1.29, 1.82) is 0 Å². The molecule has 1 aliphatic carbocycles. The van der Waals surface area contributed by atoms with Gasteiger partial charge in [0.1, 0.15) is 5.82 Å². The summed E-state index contributed by atoms with van der Waals surface area (Å²) in [5.41, 5.74) is 0.644. The number of aliphatic hydroxyl groups is 1. The van der Waals surface area contributed by atoms with E-state index in [0.29, 0.717) is 12.0 Å². The summed E-state index contributed by atoms with van der Waals surface area (Å²) in [7, 11) is 0. The maximum absolute atomic E-state index is 13.6. The van der Waals surface area contributed by atoms with Crippen molar-refractivity contribution in [3.8, 4) is 0 Å². The van der Waals surface area contributed by atoms with Crippen LogP contribution in [0.1, 0.15) is 50.7 Å². The van der Waals surface area contributed by atoms with Crippen molar-refractivity contribution in [2.45, 2.75) is 52.1 Å². The van der Waals surface area contributed by atoms with Crippen LogP contribution in [0, 0.1) is 18.2 Å². The second kappa shape index (κ2) is 4.09. The maximum atomic E-state index is 13.6. The molecule has 1 aliphatic rings. The lowest BCUT2D eigenvalue weighted by Gasteiger charge is -2.42. The van der Waals surface area contributed by atoms with Crippen molar-refractivity contribution >= 4 is 0 Å². The third-order valence-electron chi connectivity index (χ3n) is 3.92. The number of aryl methyl sites for hydroxylation is 1. The zero-order valence-corrected chi connectivity index (χ0v) is 10.9. The smallest absolute Gasteiger partial charge is 0.126 e. The van der Waals surface area contributed by atoms with E-state index in [1.54, 1.807) is 13.0 Å². The van der Waals surface area contributed by atoms with Crippen LogP contribution in [0.2, 0.25) is 0 Å². The average molecular weight is 236 g/mol. The quantitative estimate of drug-likeness (QED) is 0.783. The highest BCUT2D eigenvalue weighted by atomic mass is 19.1. The molecule has 0 bridgehead atoms. The Labute approximate surface area is 103 Å². The van der Waals surface area contributed by atoms with E-state index in [2.05, 4.69) is 13.8 Å². The van der Waals surface area contributed by atoms with Crippen molar-refractivity contribution in [3.63, 3.8) is 0 Å². The molecule has 1 N–H and O–H groups in total. The molecule has 1 aromatic rings. The van der Waals surface area contributed by atoms with Gasteiger partial charge in [0.15, 0.2) is 0 Å². The molecule has 1 nitrogen and oxygen atoms in total. The number of rotatable bonds is 1. The number of benzene rings is 1. The summed E-state index contributed by atoms with van der Waals surface area (Å²) in [5.74, 6) is -0.223. The van der Waals surface area contributed by atoms with Crippen molar-refractivity contribution in [3.05, 3.63) is 35.1 Å². The molecule has 1 saturated carbocycles. The van der Waals surface area contributed by atoms with E-state index < -0.39 is 5.60 Å². The van der Waals surface area contributed by atoms with E-state index >= 15 is 0 Å². The topological polar surface area (TPSA) is 20.2 Å². The van der Waals surface area contributed by atoms with Gasteiger partial charge in [0.05, 0.1) is 5.60 Å². The van der Waals surface area contributed by atoms with Crippen LogP contribution < -0.4 is 0 Å². The monoisotopic (exact) mass is 236 g/mol. The highest BCUT2D eigenvalue weighted by Gasteiger charge is 2.39. The lowest BCUT2D eigenvalue weighted by Crippen LogP contribution is -2.36. The molecule has 1 fully saturated rings. The Hall–Kier alpha value is -0.890. The first kappa shape index (κ1) is 12.6. The standard InChI is InChI=1S/C15H21FO/c1-11-5-6-12(9-13(11)16)15(17)8-4-7-14(2,3)10-15/h5-6,9,17H,4,7-8,10H2,1-3H3. The minimum Gasteiger partial charge on any atom is -0.385 e. The molecule has 2 heteroatoms. The number of halogens is 1. The molecule has 0 heterocycles.